The average Bonchev–Trinajstić information content (AvgIpc) is 3.13. The summed E-state index contributed by atoms with van der Waals surface area (Å²) in [5.41, 5.74) is 0. The Bertz CT molecular complexity index is 481. The van der Waals surface area contributed by atoms with E-state index < -0.39 is 11.6 Å². The summed E-state index contributed by atoms with van der Waals surface area (Å²) >= 11 is 0. The van der Waals surface area contributed by atoms with Crippen LogP contribution in [0.4, 0.5) is 0 Å². The van der Waals surface area contributed by atoms with E-state index in [0.717, 1.165) is 0 Å². The first-order valence-corrected chi connectivity index (χ1v) is 8.39. The van der Waals surface area contributed by atoms with Crippen LogP contribution in [-0.2, 0) is 23.7 Å². The highest BCUT2D eigenvalue weighted by Crippen LogP contribution is 2.22. The maximum atomic E-state index is 8.59. The molecule has 148 valence electrons. The smallest absolute Gasteiger partial charge is 0.163 e. The molecule has 0 aliphatic carbocycles. The van der Waals surface area contributed by atoms with E-state index in [2.05, 4.69) is 6.58 Å². The maximum absolute atomic E-state index is 8.59. The van der Waals surface area contributed by atoms with Crippen molar-refractivity contribution in [2.24, 2.45) is 0 Å². The molecule has 2 heterocycles. The number of rotatable bonds is 5. The van der Waals surface area contributed by atoms with Crippen molar-refractivity contribution in [3.63, 3.8) is 0 Å². The number of nitriles is 2. The predicted molar refractivity (Wildman–Crippen MR) is 93.8 cm³/mol. The molecule has 2 saturated heterocycles. The Morgan fingerprint density at radius 1 is 1.12 bits per heavy atom. The van der Waals surface area contributed by atoms with Gasteiger partial charge in [-0.05, 0) is 27.7 Å². The van der Waals surface area contributed by atoms with Gasteiger partial charge >= 0.3 is 0 Å². The average molecular weight is 370 g/mol. The van der Waals surface area contributed by atoms with Crippen molar-refractivity contribution in [1.82, 2.24) is 0 Å². The summed E-state index contributed by atoms with van der Waals surface area (Å²) in [5.74, 6) is -0.976. The number of hydrogen-bond acceptors (Lipinski definition) is 8. The molecule has 0 aromatic heterocycles. The molecule has 2 unspecified atom stereocenters. The molecule has 2 aliphatic heterocycles. The van der Waals surface area contributed by atoms with Crippen molar-refractivity contribution >= 4 is 0 Å². The third-order valence-electron chi connectivity index (χ3n) is 3.09. The van der Waals surface area contributed by atoms with Gasteiger partial charge in [-0.25, -0.2) is 0 Å². The van der Waals surface area contributed by atoms with Gasteiger partial charge in [-0.1, -0.05) is 6.58 Å². The Kier molecular flexibility index (Phi) is 12.0. The molecule has 0 spiro atoms. The lowest BCUT2D eigenvalue weighted by Crippen LogP contribution is -2.24. The quantitative estimate of drug-likeness (QED) is 0.576. The first-order valence-electron chi connectivity index (χ1n) is 8.39. The molecule has 0 bridgehead atoms. The van der Waals surface area contributed by atoms with E-state index in [1.807, 2.05) is 33.8 Å². The van der Waals surface area contributed by atoms with Crippen molar-refractivity contribution in [3.05, 3.63) is 12.7 Å². The monoisotopic (exact) mass is 370 g/mol. The zero-order chi connectivity index (χ0) is 20.1. The predicted octanol–water partition coefficient (Wildman–Crippen LogP) is 1.89. The number of aliphatic hydroxyl groups is 1. The number of nitrogens with zero attached hydrogens (tertiary/aromatic N) is 2. The SMILES string of the molecule is C=CC#N.CC1(C)OCC(CO)O1.CC1(C)OCC(COCCC#N)O1. The van der Waals surface area contributed by atoms with Gasteiger partial charge in [-0.15, -0.1) is 0 Å². The van der Waals surface area contributed by atoms with Crippen LogP contribution in [0, 0.1) is 22.7 Å². The second-order valence-electron chi connectivity index (χ2n) is 6.40. The van der Waals surface area contributed by atoms with Crippen LogP contribution >= 0.6 is 0 Å². The molecule has 2 rings (SSSR count). The molecule has 8 heteroatoms. The summed E-state index contributed by atoms with van der Waals surface area (Å²) in [7, 11) is 0. The zero-order valence-electron chi connectivity index (χ0n) is 16.1. The fourth-order valence-corrected chi connectivity index (χ4v) is 2.03. The van der Waals surface area contributed by atoms with Gasteiger partial charge < -0.3 is 28.8 Å². The molecular weight excluding hydrogens is 340 g/mol. The maximum Gasteiger partial charge on any atom is 0.163 e. The zero-order valence-corrected chi connectivity index (χ0v) is 16.1. The number of aliphatic hydroxyl groups excluding tert-OH is 1. The lowest BCUT2D eigenvalue weighted by Gasteiger charge is -2.16. The third kappa shape index (κ3) is 11.9. The molecule has 2 aliphatic rings. The van der Waals surface area contributed by atoms with E-state index in [-0.39, 0.29) is 18.8 Å². The summed E-state index contributed by atoms with van der Waals surface area (Å²) in [6, 6.07) is 3.71. The van der Waals surface area contributed by atoms with E-state index in [9.17, 15) is 0 Å². The van der Waals surface area contributed by atoms with Gasteiger partial charge in [0.25, 0.3) is 0 Å². The Hall–Kier alpha value is -1.52. The van der Waals surface area contributed by atoms with Gasteiger partial charge in [-0.3, -0.25) is 0 Å². The van der Waals surface area contributed by atoms with E-state index in [0.29, 0.717) is 32.8 Å². The minimum Gasteiger partial charge on any atom is -0.394 e. The van der Waals surface area contributed by atoms with Crippen molar-refractivity contribution in [3.8, 4) is 12.1 Å². The second-order valence-corrected chi connectivity index (χ2v) is 6.40. The Labute approximate surface area is 155 Å². The Balaban J connectivity index is 0.000000416. The summed E-state index contributed by atoms with van der Waals surface area (Å²) in [4.78, 5) is 0. The highest BCUT2D eigenvalue weighted by molar-refractivity contribution is 4.93. The lowest BCUT2D eigenvalue weighted by molar-refractivity contribution is -0.145. The Morgan fingerprint density at radius 2 is 1.62 bits per heavy atom. The van der Waals surface area contributed by atoms with Gasteiger partial charge in [-0.2, -0.15) is 10.5 Å². The molecule has 2 fully saturated rings. The molecule has 0 saturated carbocycles. The van der Waals surface area contributed by atoms with Crippen molar-refractivity contribution in [2.75, 3.05) is 33.0 Å². The summed E-state index contributed by atoms with van der Waals surface area (Å²) in [6.07, 6.45) is 1.49. The van der Waals surface area contributed by atoms with Gasteiger partial charge in [0, 0.05) is 6.08 Å². The van der Waals surface area contributed by atoms with Crippen molar-refractivity contribution in [2.45, 2.75) is 57.9 Å². The van der Waals surface area contributed by atoms with Crippen LogP contribution in [-0.4, -0.2) is 61.9 Å². The van der Waals surface area contributed by atoms with Crippen LogP contribution in [0.5, 0.6) is 0 Å². The highest BCUT2D eigenvalue weighted by atomic mass is 16.8. The summed E-state index contributed by atoms with van der Waals surface area (Å²) in [6.45, 7) is 12.6. The van der Waals surface area contributed by atoms with E-state index in [4.69, 9.17) is 39.3 Å². The van der Waals surface area contributed by atoms with E-state index in [1.165, 1.54) is 6.08 Å². The molecule has 0 aromatic rings. The fraction of sp³-hybridized carbons (Fsp3) is 0.778. The molecule has 0 amide bonds. The highest BCUT2D eigenvalue weighted by Gasteiger charge is 2.32. The van der Waals surface area contributed by atoms with Crippen molar-refractivity contribution in [1.29, 1.82) is 10.5 Å². The second kappa shape index (κ2) is 12.8. The van der Waals surface area contributed by atoms with Gasteiger partial charge in [0.1, 0.15) is 12.2 Å². The largest absolute Gasteiger partial charge is 0.394 e. The summed E-state index contributed by atoms with van der Waals surface area (Å²) in [5, 5.41) is 24.4. The molecule has 26 heavy (non-hydrogen) atoms. The molecule has 1 N–H and O–H groups in total. The van der Waals surface area contributed by atoms with E-state index >= 15 is 0 Å². The standard InChI is InChI=1S/C9H15NO3.C6H12O3.C3H3N/c1-9(2)12-7-8(13-9)6-11-5-3-4-10;1-6(2)8-4-5(3-7)9-6;1-2-3-4/h8H,3,5-7H2,1-2H3;5,7H,3-4H2,1-2H3;2H,1H2. The first-order chi connectivity index (χ1) is 12.2. The lowest BCUT2D eigenvalue weighted by atomic mass is 10.4. The van der Waals surface area contributed by atoms with Crippen LogP contribution < -0.4 is 0 Å². The number of allylic oxidation sites excluding steroid dienone is 1. The summed E-state index contributed by atoms with van der Waals surface area (Å²) < 4.78 is 26.5. The van der Waals surface area contributed by atoms with Crippen LogP contribution in [0.3, 0.4) is 0 Å². The minimum atomic E-state index is -0.493. The van der Waals surface area contributed by atoms with Gasteiger partial charge in [0.15, 0.2) is 11.6 Å². The molecule has 8 nitrogen and oxygen atoms in total. The van der Waals surface area contributed by atoms with Crippen molar-refractivity contribution < 1.29 is 28.8 Å². The van der Waals surface area contributed by atoms with Crippen LogP contribution in [0.15, 0.2) is 12.7 Å². The van der Waals surface area contributed by atoms with Crippen LogP contribution in [0.25, 0.3) is 0 Å². The number of ether oxygens (including phenoxy) is 5. The van der Waals surface area contributed by atoms with Gasteiger partial charge in [0.2, 0.25) is 0 Å². The fourth-order valence-electron chi connectivity index (χ4n) is 2.03. The molecular formula is C18H30N2O6. The third-order valence-corrected chi connectivity index (χ3v) is 3.09. The Morgan fingerprint density at radius 3 is 1.92 bits per heavy atom. The molecule has 0 aromatic carbocycles. The normalized spacial score (nSPS) is 24.9. The van der Waals surface area contributed by atoms with Crippen LogP contribution in [0.1, 0.15) is 34.1 Å². The van der Waals surface area contributed by atoms with Gasteiger partial charge in [0.05, 0.1) is 51.6 Å². The van der Waals surface area contributed by atoms with E-state index in [1.54, 1.807) is 6.07 Å². The minimum absolute atomic E-state index is 0.00805. The molecule has 0 radical (unpaired) electrons. The molecule has 2 atom stereocenters. The van der Waals surface area contributed by atoms with Crippen LogP contribution in [0.2, 0.25) is 0 Å². The number of hydrogen-bond donors (Lipinski definition) is 1. The topological polar surface area (TPSA) is 114 Å². The first kappa shape index (κ1) is 24.5.